The molecule has 4 aliphatic carbocycles. The van der Waals surface area contributed by atoms with Crippen molar-refractivity contribution in [3.05, 3.63) is 11.6 Å². The Morgan fingerprint density at radius 1 is 1.05 bits per heavy atom. The first-order chi connectivity index (χ1) is 17.8. The zero-order valence-corrected chi connectivity index (χ0v) is 23.0. The van der Waals surface area contributed by atoms with E-state index in [0.29, 0.717) is 17.0 Å². The molecule has 7 rings (SSSR count). The molecular formula is C22H32ClN5O8P2. The molecule has 0 spiro atoms. The normalized spacial score (nSPS) is 38.1. The maximum atomic E-state index is 12.2. The summed E-state index contributed by atoms with van der Waals surface area (Å²) in [5.74, 6) is 1.51. The van der Waals surface area contributed by atoms with E-state index in [1.165, 1.54) is 30.2 Å². The van der Waals surface area contributed by atoms with Gasteiger partial charge in [-0.15, -0.1) is 0 Å². The lowest BCUT2D eigenvalue weighted by atomic mass is 9.53. The van der Waals surface area contributed by atoms with Crippen LogP contribution in [-0.4, -0.2) is 80.3 Å². The lowest BCUT2D eigenvalue weighted by molar-refractivity contribution is -0.0354. The van der Waals surface area contributed by atoms with Gasteiger partial charge >= 0.3 is 7.60 Å². The lowest BCUT2D eigenvalue weighted by Gasteiger charge is -2.57. The van der Waals surface area contributed by atoms with Crippen molar-refractivity contribution in [2.45, 2.75) is 75.0 Å². The van der Waals surface area contributed by atoms with Gasteiger partial charge in [-0.2, -0.15) is 9.97 Å². The Hall–Kier alpha value is -1.14. The Balaban J connectivity index is 1.23. The highest BCUT2D eigenvalue weighted by Gasteiger charge is 2.51. The molecule has 13 nitrogen and oxygen atoms in total. The van der Waals surface area contributed by atoms with E-state index in [2.05, 4.69) is 20.3 Å². The van der Waals surface area contributed by atoms with Crippen LogP contribution in [-0.2, 0) is 13.9 Å². The van der Waals surface area contributed by atoms with E-state index in [1.54, 1.807) is 0 Å². The summed E-state index contributed by atoms with van der Waals surface area (Å²) in [5.41, 5.74) is 0.711. The van der Waals surface area contributed by atoms with Crippen LogP contribution in [0.2, 0.25) is 5.28 Å². The van der Waals surface area contributed by atoms with Crippen molar-refractivity contribution >= 4 is 43.5 Å². The molecule has 1 aliphatic heterocycles. The molecule has 4 bridgehead atoms. The predicted octanol–water partition coefficient (Wildman–Crippen LogP) is 2.28. The molecule has 1 saturated heterocycles. The second-order valence-electron chi connectivity index (χ2n) is 11.7. The van der Waals surface area contributed by atoms with Gasteiger partial charge in [0.25, 0.3) is 0 Å². The molecule has 38 heavy (non-hydrogen) atoms. The van der Waals surface area contributed by atoms with Crippen molar-refractivity contribution in [3.63, 3.8) is 0 Å². The molecule has 0 amide bonds. The SMILES string of the molecule is O=P(O)(O)CP(=O)(O)CC[C@H]1O[C@@H](n2cnc3c(NC45CC6CC(CC(C6)C4)C5)nc(Cl)nc32)[C@@H](O)C1O. The van der Waals surface area contributed by atoms with Gasteiger partial charge in [-0.1, -0.05) is 0 Å². The maximum absolute atomic E-state index is 12.2. The molecule has 0 aromatic carbocycles. The van der Waals surface area contributed by atoms with Gasteiger partial charge in [0.2, 0.25) is 12.7 Å². The third-order valence-corrected chi connectivity index (χ3v) is 13.0. The molecule has 3 heterocycles. The molecule has 16 heteroatoms. The van der Waals surface area contributed by atoms with Crippen LogP contribution in [0.15, 0.2) is 6.33 Å². The van der Waals surface area contributed by atoms with E-state index in [4.69, 9.17) is 26.1 Å². The van der Waals surface area contributed by atoms with Crippen LogP contribution in [0.5, 0.6) is 0 Å². The molecule has 0 radical (unpaired) electrons. The lowest BCUT2D eigenvalue weighted by Crippen LogP contribution is -2.54. The number of ether oxygens (including phenoxy) is 1. The molecule has 2 aromatic rings. The minimum Gasteiger partial charge on any atom is -0.388 e. The zero-order chi connectivity index (χ0) is 27.0. The van der Waals surface area contributed by atoms with E-state index >= 15 is 0 Å². The van der Waals surface area contributed by atoms with Crippen LogP contribution in [0.4, 0.5) is 5.82 Å². The molecule has 4 saturated carbocycles. The van der Waals surface area contributed by atoms with Crippen molar-refractivity contribution in [2.75, 3.05) is 17.4 Å². The van der Waals surface area contributed by atoms with E-state index in [-0.39, 0.29) is 17.2 Å². The Labute approximate surface area is 223 Å². The van der Waals surface area contributed by atoms with Gasteiger partial charge in [-0.05, 0) is 74.3 Å². The van der Waals surface area contributed by atoms with Crippen LogP contribution in [0.3, 0.4) is 0 Å². The van der Waals surface area contributed by atoms with E-state index in [0.717, 1.165) is 37.0 Å². The number of imidazole rings is 1. The van der Waals surface area contributed by atoms with Gasteiger partial charge in [0, 0.05) is 11.7 Å². The third-order valence-electron chi connectivity index (χ3n) is 8.60. The van der Waals surface area contributed by atoms with Crippen molar-refractivity contribution in [3.8, 4) is 0 Å². The molecule has 2 unspecified atom stereocenters. The molecule has 2 aromatic heterocycles. The number of aliphatic hydroxyl groups excluding tert-OH is 2. The number of hydrogen-bond donors (Lipinski definition) is 6. The van der Waals surface area contributed by atoms with Gasteiger partial charge in [0.05, 0.1) is 12.4 Å². The van der Waals surface area contributed by atoms with Gasteiger partial charge in [0.1, 0.15) is 18.1 Å². The molecule has 210 valence electrons. The topological polar surface area (TPSA) is 200 Å². The fourth-order valence-corrected chi connectivity index (χ4v) is 11.3. The van der Waals surface area contributed by atoms with Crippen molar-refractivity contribution in [2.24, 2.45) is 17.8 Å². The van der Waals surface area contributed by atoms with E-state index < -0.39 is 51.6 Å². The summed E-state index contributed by atoms with van der Waals surface area (Å²) >= 11 is 6.31. The number of aliphatic hydroxyl groups is 2. The van der Waals surface area contributed by atoms with Crippen LogP contribution in [0.1, 0.15) is 51.2 Å². The number of aromatic nitrogens is 4. The second kappa shape index (κ2) is 9.46. The van der Waals surface area contributed by atoms with Crippen LogP contribution in [0, 0.1) is 17.8 Å². The maximum Gasteiger partial charge on any atom is 0.335 e. The molecule has 5 atom stereocenters. The molecule has 5 fully saturated rings. The number of nitrogens with one attached hydrogen (secondary N) is 1. The van der Waals surface area contributed by atoms with Crippen LogP contribution < -0.4 is 5.32 Å². The van der Waals surface area contributed by atoms with Crippen molar-refractivity contribution in [1.82, 2.24) is 19.5 Å². The fraction of sp³-hybridized carbons (Fsp3) is 0.773. The summed E-state index contributed by atoms with van der Waals surface area (Å²) in [6.07, 6.45) is 2.88. The molecular weight excluding hydrogens is 560 g/mol. The van der Waals surface area contributed by atoms with Gasteiger partial charge in [-0.25, -0.2) is 4.98 Å². The summed E-state index contributed by atoms with van der Waals surface area (Å²) in [5, 5.41) is 25.0. The quantitative estimate of drug-likeness (QED) is 0.193. The fourth-order valence-electron chi connectivity index (χ4n) is 7.56. The Kier molecular flexibility index (Phi) is 6.74. The summed E-state index contributed by atoms with van der Waals surface area (Å²) in [6, 6.07) is 0. The number of fused-ring (bicyclic) bond motifs is 1. The smallest absolute Gasteiger partial charge is 0.335 e. The summed E-state index contributed by atoms with van der Waals surface area (Å²) < 4.78 is 30.7. The predicted molar refractivity (Wildman–Crippen MR) is 137 cm³/mol. The third kappa shape index (κ3) is 5.18. The van der Waals surface area contributed by atoms with E-state index in [9.17, 15) is 24.2 Å². The highest BCUT2D eigenvalue weighted by atomic mass is 35.5. The first-order valence-corrected chi connectivity index (χ1v) is 17.1. The Morgan fingerprint density at radius 2 is 1.68 bits per heavy atom. The average Bonchev–Trinajstić information content (AvgIpc) is 3.30. The van der Waals surface area contributed by atoms with Crippen molar-refractivity contribution < 1.29 is 38.8 Å². The minimum atomic E-state index is -4.70. The van der Waals surface area contributed by atoms with E-state index in [1.807, 2.05) is 0 Å². The number of halogens is 1. The first-order valence-electron chi connectivity index (χ1n) is 12.8. The first kappa shape index (κ1) is 27.1. The number of anilines is 1. The van der Waals surface area contributed by atoms with Crippen molar-refractivity contribution in [1.29, 1.82) is 0 Å². The van der Waals surface area contributed by atoms with Crippen LogP contribution in [0.25, 0.3) is 11.2 Å². The molecule has 5 aliphatic rings. The average molecular weight is 592 g/mol. The monoisotopic (exact) mass is 591 g/mol. The standard InChI is InChI=1S/C22H32ClN5O8P2/c23-21-25-18(27-22-6-11-3-12(7-22)5-13(4-11)8-22)15-19(26-21)28(9-24-15)20-17(30)16(29)14(36-20)1-2-37(31,32)10-38(33,34)35/h9,11-14,16-17,20,29-30H,1-8,10H2,(H,31,32)(H,25,26,27)(H2,33,34,35)/t11?,12?,13?,14-,16?,17+,20-,22?/m1/s1. The van der Waals surface area contributed by atoms with Crippen LogP contribution >= 0.6 is 26.6 Å². The Bertz CT molecular complexity index is 1300. The molecule has 6 N–H and O–H groups in total. The largest absolute Gasteiger partial charge is 0.388 e. The number of nitrogens with zero attached hydrogens (tertiary/aromatic N) is 4. The highest BCUT2D eigenvalue weighted by molar-refractivity contribution is 7.72. The van der Waals surface area contributed by atoms with Gasteiger partial charge < -0.3 is 34.9 Å². The minimum absolute atomic E-state index is 0.00489. The Morgan fingerprint density at radius 3 is 2.29 bits per heavy atom. The summed E-state index contributed by atoms with van der Waals surface area (Å²) in [6.45, 7) is 0. The summed E-state index contributed by atoms with van der Waals surface area (Å²) in [7, 11) is -8.87. The second-order valence-corrected chi connectivity index (χ2v) is 16.6. The number of rotatable bonds is 8. The van der Waals surface area contributed by atoms with Gasteiger partial charge in [0.15, 0.2) is 23.2 Å². The summed E-state index contributed by atoms with van der Waals surface area (Å²) in [4.78, 5) is 41.3. The number of hydrogen-bond acceptors (Lipinski definition) is 9. The van der Waals surface area contributed by atoms with Gasteiger partial charge in [-0.3, -0.25) is 13.7 Å². The highest BCUT2D eigenvalue weighted by Crippen LogP contribution is 2.57. The zero-order valence-electron chi connectivity index (χ0n) is 20.5.